The summed E-state index contributed by atoms with van der Waals surface area (Å²) in [6, 6.07) is 4.65. The molecule has 0 saturated carbocycles. The van der Waals surface area contributed by atoms with Gasteiger partial charge in [-0.05, 0) is 24.1 Å². The fourth-order valence-electron chi connectivity index (χ4n) is 1.65. The van der Waals surface area contributed by atoms with Gasteiger partial charge in [-0.2, -0.15) is 4.72 Å². The van der Waals surface area contributed by atoms with E-state index in [4.69, 9.17) is 17.3 Å². The smallest absolute Gasteiger partial charge is 0.241 e. The highest BCUT2D eigenvalue weighted by atomic mass is 35.5. The van der Waals surface area contributed by atoms with Crippen molar-refractivity contribution in [2.24, 2.45) is 11.7 Å². The van der Waals surface area contributed by atoms with E-state index in [1.54, 1.807) is 19.9 Å². The van der Waals surface area contributed by atoms with Gasteiger partial charge in [-0.3, -0.25) is 9.59 Å². The Morgan fingerprint density at radius 3 is 2.45 bits per heavy atom. The summed E-state index contributed by atoms with van der Waals surface area (Å²) in [6.07, 6.45) is 0. The quantitative estimate of drug-likeness (QED) is 0.654. The first-order chi connectivity index (χ1) is 10.1. The van der Waals surface area contributed by atoms with E-state index in [-0.39, 0.29) is 22.4 Å². The highest BCUT2D eigenvalue weighted by Gasteiger charge is 2.28. The van der Waals surface area contributed by atoms with E-state index in [0.717, 1.165) is 0 Å². The lowest BCUT2D eigenvalue weighted by atomic mass is 10.1. The summed E-state index contributed by atoms with van der Waals surface area (Å²) < 4.78 is 26.9. The molecular weight excluding hydrogens is 330 g/mol. The number of halogens is 1. The van der Waals surface area contributed by atoms with E-state index >= 15 is 0 Å². The molecule has 22 heavy (non-hydrogen) atoms. The van der Waals surface area contributed by atoms with Crippen LogP contribution in [0.4, 0.5) is 0 Å². The van der Waals surface area contributed by atoms with Crippen LogP contribution in [0.2, 0.25) is 5.02 Å². The minimum absolute atomic E-state index is 0.0478. The van der Waals surface area contributed by atoms with Crippen molar-refractivity contribution in [1.82, 2.24) is 10.0 Å². The number of hydrogen-bond donors (Lipinski definition) is 3. The van der Waals surface area contributed by atoms with Gasteiger partial charge in [0.2, 0.25) is 21.8 Å². The predicted octanol–water partition coefficient (Wildman–Crippen LogP) is 0.244. The van der Waals surface area contributed by atoms with Gasteiger partial charge in [0.1, 0.15) is 6.04 Å². The van der Waals surface area contributed by atoms with E-state index in [0.29, 0.717) is 0 Å². The lowest BCUT2D eigenvalue weighted by molar-refractivity contribution is -0.126. The fourth-order valence-corrected chi connectivity index (χ4v) is 3.29. The fraction of sp³-hybridized carbons (Fsp3) is 0.385. The summed E-state index contributed by atoms with van der Waals surface area (Å²) in [7, 11) is -3.92. The highest BCUT2D eigenvalue weighted by molar-refractivity contribution is 7.89. The second kappa shape index (κ2) is 7.57. The number of carbonyl (C=O) groups is 2. The first-order valence-electron chi connectivity index (χ1n) is 6.47. The lowest BCUT2D eigenvalue weighted by Crippen LogP contribution is -2.51. The molecule has 0 spiro atoms. The normalized spacial score (nSPS) is 12.9. The van der Waals surface area contributed by atoms with Crippen molar-refractivity contribution in [3.8, 4) is 0 Å². The Morgan fingerprint density at radius 2 is 1.95 bits per heavy atom. The number of sulfonamides is 1. The minimum Gasteiger partial charge on any atom is -0.368 e. The molecule has 0 heterocycles. The Hall–Kier alpha value is -1.64. The van der Waals surface area contributed by atoms with Gasteiger partial charge >= 0.3 is 0 Å². The van der Waals surface area contributed by atoms with Gasteiger partial charge in [-0.15, -0.1) is 0 Å². The van der Waals surface area contributed by atoms with Crippen LogP contribution in [0.1, 0.15) is 13.8 Å². The minimum atomic E-state index is -3.92. The van der Waals surface area contributed by atoms with E-state index in [1.165, 1.54) is 18.2 Å². The number of amides is 2. The van der Waals surface area contributed by atoms with Gasteiger partial charge < -0.3 is 11.1 Å². The molecule has 0 radical (unpaired) electrons. The first-order valence-corrected chi connectivity index (χ1v) is 8.33. The number of rotatable bonds is 7. The van der Waals surface area contributed by atoms with Gasteiger partial charge in [0.15, 0.2) is 0 Å². The molecule has 0 fully saturated rings. The number of primary amides is 1. The summed E-state index contributed by atoms with van der Waals surface area (Å²) >= 11 is 5.77. The zero-order valence-electron chi connectivity index (χ0n) is 12.2. The Morgan fingerprint density at radius 1 is 1.32 bits per heavy atom. The van der Waals surface area contributed by atoms with Crippen molar-refractivity contribution in [1.29, 1.82) is 0 Å². The van der Waals surface area contributed by atoms with Crippen molar-refractivity contribution < 1.29 is 18.0 Å². The standard InChI is InChI=1S/C13H18ClN3O4S/c1-8(2)12(13(19)16-7-11(15)18)17-22(20,21)10-5-3-4-9(14)6-10/h3-6,8,12,17H,7H2,1-2H3,(H2,15,18)(H,16,19)/t12-/m0/s1. The molecule has 0 aliphatic carbocycles. The Balaban J connectivity index is 2.95. The molecule has 1 atom stereocenters. The van der Waals surface area contributed by atoms with Gasteiger partial charge in [-0.1, -0.05) is 31.5 Å². The summed E-state index contributed by atoms with van der Waals surface area (Å²) in [5, 5.41) is 2.55. The Kier molecular flexibility index (Phi) is 6.34. The predicted molar refractivity (Wildman–Crippen MR) is 82.6 cm³/mol. The summed E-state index contributed by atoms with van der Waals surface area (Å²) in [4.78, 5) is 22.6. The summed E-state index contributed by atoms with van der Waals surface area (Å²) in [5.74, 6) is -1.67. The van der Waals surface area contributed by atoms with E-state index in [9.17, 15) is 18.0 Å². The average Bonchev–Trinajstić information content (AvgIpc) is 2.42. The van der Waals surface area contributed by atoms with E-state index < -0.39 is 27.9 Å². The third-order valence-electron chi connectivity index (χ3n) is 2.77. The van der Waals surface area contributed by atoms with Crippen LogP contribution in [0.5, 0.6) is 0 Å². The zero-order chi connectivity index (χ0) is 16.9. The Bertz CT molecular complexity index is 661. The van der Waals surface area contributed by atoms with Crippen molar-refractivity contribution >= 4 is 33.4 Å². The number of carbonyl (C=O) groups excluding carboxylic acids is 2. The summed E-state index contributed by atoms with van der Waals surface area (Å²) in [5.41, 5.74) is 4.94. The molecule has 7 nitrogen and oxygen atoms in total. The topological polar surface area (TPSA) is 118 Å². The third kappa shape index (κ3) is 5.28. The maximum atomic E-state index is 12.3. The molecule has 1 aromatic carbocycles. The molecule has 0 aliphatic heterocycles. The van der Waals surface area contributed by atoms with Crippen LogP contribution in [-0.2, 0) is 19.6 Å². The van der Waals surface area contributed by atoms with Crippen LogP contribution in [0.3, 0.4) is 0 Å². The second-order valence-electron chi connectivity index (χ2n) is 4.98. The summed E-state index contributed by atoms with van der Waals surface area (Å²) in [6.45, 7) is 2.99. The van der Waals surface area contributed by atoms with Crippen LogP contribution in [0.15, 0.2) is 29.2 Å². The third-order valence-corrected chi connectivity index (χ3v) is 4.45. The SMILES string of the molecule is CC(C)[C@H](NS(=O)(=O)c1cccc(Cl)c1)C(=O)NCC(N)=O. The van der Waals surface area contributed by atoms with Crippen LogP contribution >= 0.6 is 11.6 Å². The van der Waals surface area contributed by atoms with Crippen LogP contribution in [0, 0.1) is 5.92 Å². The molecule has 0 aromatic heterocycles. The Labute approximate surface area is 134 Å². The van der Waals surface area contributed by atoms with Crippen molar-refractivity contribution in [2.45, 2.75) is 24.8 Å². The van der Waals surface area contributed by atoms with Crippen LogP contribution in [0.25, 0.3) is 0 Å². The largest absolute Gasteiger partial charge is 0.368 e. The molecule has 122 valence electrons. The van der Waals surface area contributed by atoms with Gasteiger partial charge in [-0.25, -0.2) is 8.42 Å². The molecule has 1 aromatic rings. The van der Waals surface area contributed by atoms with Gasteiger partial charge in [0, 0.05) is 5.02 Å². The maximum Gasteiger partial charge on any atom is 0.241 e. The molecule has 0 unspecified atom stereocenters. The molecule has 0 aliphatic rings. The number of nitrogens with one attached hydrogen (secondary N) is 2. The lowest BCUT2D eigenvalue weighted by Gasteiger charge is -2.21. The number of hydrogen-bond acceptors (Lipinski definition) is 4. The molecule has 9 heteroatoms. The van der Waals surface area contributed by atoms with Gasteiger partial charge in [0.25, 0.3) is 0 Å². The second-order valence-corrected chi connectivity index (χ2v) is 7.13. The molecule has 0 saturated heterocycles. The molecule has 1 rings (SSSR count). The molecule has 2 amide bonds. The van der Waals surface area contributed by atoms with E-state index in [2.05, 4.69) is 10.0 Å². The van der Waals surface area contributed by atoms with Gasteiger partial charge in [0.05, 0.1) is 11.4 Å². The monoisotopic (exact) mass is 347 g/mol. The first kappa shape index (κ1) is 18.4. The van der Waals surface area contributed by atoms with Crippen molar-refractivity contribution in [3.05, 3.63) is 29.3 Å². The maximum absolute atomic E-state index is 12.3. The van der Waals surface area contributed by atoms with Crippen LogP contribution in [-0.4, -0.2) is 32.8 Å². The number of nitrogens with two attached hydrogens (primary N) is 1. The zero-order valence-corrected chi connectivity index (χ0v) is 13.7. The highest BCUT2D eigenvalue weighted by Crippen LogP contribution is 2.16. The number of benzene rings is 1. The molecule has 4 N–H and O–H groups in total. The molecule has 0 bridgehead atoms. The van der Waals surface area contributed by atoms with E-state index in [1.807, 2.05) is 0 Å². The molecular formula is C13H18ClN3O4S. The van der Waals surface area contributed by atoms with Crippen molar-refractivity contribution in [3.63, 3.8) is 0 Å². The van der Waals surface area contributed by atoms with Crippen molar-refractivity contribution in [2.75, 3.05) is 6.54 Å². The van der Waals surface area contributed by atoms with Crippen LogP contribution < -0.4 is 15.8 Å². The average molecular weight is 348 g/mol.